The van der Waals surface area contributed by atoms with E-state index in [1.165, 1.54) is 30.5 Å². The number of benzene rings is 1. The van der Waals surface area contributed by atoms with Gasteiger partial charge in [0.15, 0.2) is 0 Å². The lowest BCUT2D eigenvalue weighted by molar-refractivity contribution is 0.229. The minimum Gasteiger partial charge on any atom is -0.439 e. The van der Waals surface area contributed by atoms with E-state index in [-0.39, 0.29) is 6.03 Å². The van der Waals surface area contributed by atoms with Crippen LogP contribution < -0.4 is 9.64 Å². The fourth-order valence-electron chi connectivity index (χ4n) is 4.26. The van der Waals surface area contributed by atoms with Crippen LogP contribution in [0.2, 0.25) is 0 Å². The van der Waals surface area contributed by atoms with E-state index >= 15 is 0 Å². The Morgan fingerprint density at radius 3 is 2.55 bits per heavy atom. The van der Waals surface area contributed by atoms with Crippen molar-refractivity contribution in [1.29, 1.82) is 0 Å². The molecule has 2 aromatic rings. The van der Waals surface area contributed by atoms with E-state index in [2.05, 4.69) is 22.0 Å². The molecular formula is C23H28N4O2. The van der Waals surface area contributed by atoms with Gasteiger partial charge in [-0.1, -0.05) is 6.07 Å². The first-order chi connectivity index (χ1) is 14.2. The number of pyridine rings is 1. The zero-order valence-electron chi connectivity index (χ0n) is 17.0. The van der Waals surface area contributed by atoms with Crippen molar-refractivity contribution >= 4 is 11.7 Å². The SMILES string of the molecule is CN1CCN(c2ccc(Oc3ccc4c(c3)CCN(CC3CC3)CC4)nc2)C1=O. The molecule has 2 fully saturated rings. The third-order valence-corrected chi connectivity index (χ3v) is 6.26. The zero-order valence-corrected chi connectivity index (χ0v) is 17.0. The summed E-state index contributed by atoms with van der Waals surface area (Å²) in [7, 11) is 1.82. The van der Waals surface area contributed by atoms with Gasteiger partial charge in [-0.25, -0.2) is 9.78 Å². The average Bonchev–Trinajstić information content (AvgIpc) is 3.52. The number of carbonyl (C=O) groups is 1. The summed E-state index contributed by atoms with van der Waals surface area (Å²) < 4.78 is 6.01. The summed E-state index contributed by atoms with van der Waals surface area (Å²) in [5.74, 6) is 2.33. The third kappa shape index (κ3) is 4.08. The van der Waals surface area contributed by atoms with Crippen LogP contribution in [0, 0.1) is 5.92 Å². The summed E-state index contributed by atoms with van der Waals surface area (Å²) in [4.78, 5) is 22.6. The third-order valence-electron chi connectivity index (χ3n) is 6.26. The number of urea groups is 1. The van der Waals surface area contributed by atoms with Gasteiger partial charge in [0, 0.05) is 45.8 Å². The number of aromatic nitrogens is 1. The number of carbonyl (C=O) groups excluding carboxylic acids is 1. The van der Waals surface area contributed by atoms with E-state index < -0.39 is 0 Å². The lowest BCUT2D eigenvalue weighted by atomic mass is 10.0. The number of rotatable bonds is 5. The summed E-state index contributed by atoms with van der Waals surface area (Å²) in [6.07, 6.45) is 6.74. The van der Waals surface area contributed by atoms with Crippen molar-refractivity contribution in [2.75, 3.05) is 44.7 Å². The van der Waals surface area contributed by atoms with Crippen molar-refractivity contribution in [2.45, 2.75) is 25.7 Å². The monoisotopic (exact) mass is 392 g/mol. The van der Waals surface area contributed by atoms with Gasteiger partial charge in [-0.3, -0.25) is 4.90 Å². The fraction of sp³-hybridized carbons (Fsp3) is 0.478. The Bertz CT molecular complexity index is 894. The molecule has 0 radical (unpaired) electrons. The van der Waals surface area contributed by atoms with E-state index in [4.69, 9.17) is 4.74 Å². The first-order valence-electron chi connectivity index (χ1n) is 10.7. The largest absolute Gasteiger partial charge is 0.439 e. The summed E-state index contributed by atoms with van der Waals surface area (Å²) in [5, 5.41) is 0. The van der Waals surface area contributed by atoms with Gasteiger partial charge in [0.05, 0.1) is 11.9 Å². The summed E-state index contributed by atoms with van der Waals surface area (Å²) in [5.41, 5.74) is 3.64. The molecule has 2 aliphatic heterocycles. The molecule has 1 aromatic heterocycles. The normalized spacial score (nSPS) is 20.0. The Morgan fingerprint density at radius 1 is 1.03 bits per heavy atom. The molecule has 0 bridgehead atoms. The van der Waals surface area contributed by atoms with Crippen molar-refractivity contribution in [3.63, 3.8) is 0 Å². The lowest BCUT2D eigenvalue weighted by Crippen LogP contribution is -2.29. The predicted molar refractivity (Wildman–Crippen MR) is 113 cm³/mol. The quantitative estimate of drug-likeness (QED) is 0.781. The Balaban J connectivity index is 1.24. The maximum Gasteiger partial charge on any atom is 0.324 e. The van der Waals surface area contributed by atoms with Crippen LogP contribution in [-0.2, 0) is 12.8 Å². The van der Waals surface area contributed by atoms with Crippen LogP contribution in [0.1, 0.15) is 24.0 Å². The van der Waals surface area contributed by atoms with Gasteiger partial charge < -0.3 is 14.5 Å². The molecule has 29 heavy (non-hydrogen) atoms. The molecule has 5 rings (SSSR count). The molecule has 0 atom stereocenters. The van der Waals surface area contributed by atoms with Gasteiger partial charge in [-0.15, -0.1) is 0 Å². The van der Waals surface area contributed by atoms with Crippen LogP contribution in [-0.4, -0.2) is 60.6 Å². The van der Waals surface area contributed by atoms with Gasteiger partial charge >= 0.3 is 6.03 Å². The van der Waals surface area contributed by atoms with E-state index in [0.29, 0.717) is 12.4 Å². The van der Waals surface area contributed by atoms with Crippen LogP contribution >= 0.6 is 0 Å². The molecule has 6 heteroatoms. The second kappa shape index (κ2) is 7.67. The fourth-order valence-corrected chi connectivity index (χ4v) is 4.26. The van der Waals surface area contributed by atoms with Crippen LogP contribution in [0.15, 0.2) is 36.5 Å². The van der Waals surface area contributed by atoms with Gasteiger partial charge in [-0.2, -0.15) is 0 Å². The highest BCUT2D eigenvalue weighted by Gasteiger charge is 2.27. The predicted octanol–water partition coefficient (Wildman–Crippen LogP) is 3.56. The molecule has 0 unspecified atom stereocenters. The Labute approximate surface area is 172 Å². The first-order valence-corrected chi connectivity index (χ1v) is 10.7. The summed E-state index contributed by atoms with van der Waals surface area (Å²) in [6.45, 7) is 5.00. The van der Waals surface area contributed by atoms with Gasteiger partial charge in [0.1, 0.15) is 5.75 Å². The van der Waals surface area contributed by atoms with Crippen LogP contribution in [0.4, 0.5) is 10.5 Å². The molecule has 3 heterocycles. The molecule has 1 aromatic carbocycles. The standard InChI is InChI=1S/C23H28N4O2/c1-25-12-13-27(23(25)28)20-5-7-22(24-15-20)29-21-6-4-18-8-10-26(16-17-2-3-17)11-9-19(18)14-21/h4-7,14-15,17H,2-3,8-13,16H2,1H3. The highest BCUT2D eigenvalue weighted by molar-refractivity contribution is 5.93. The molecule has 2 amide bonds. The van der Waals surface area contributed by atoms with Crippen molar-refractivity contribution in [2.24, 2.45) is 5.92 Å². The molecule has 0 N–H and O–H groups in total. The summed E-state index contributed by atoms with van der Waals surface area (Å²) in [6, 6.07) is 10.2. The van der Waals surface area contributed by atoms with Crippen molar-refractivity contribution in [1.82, 2.24) is 14.8 Å². The molecule has 1 saturated carbocycles. The highest BCUT2D eigenvalue weighted by atomic mass is 16.5. The Kier molecular flexibility index (Phi) is 4.87. The number of nitrogens with zero attached hydrogens (tertiary/aromatic N) is 4. The summed E-state index contributed by atoms with van der Waals surface area (Å²) >= 11 is 0. The smallest absolute Gasteiger partial charge is 0.324 e. The first kappa shape index (κ1) is 18.4. The highest BCUT2D eigenvalue weighted by Crippen LogP contribution is 2.31. The van der Waals surface area contributed by atoms with Gasteiger partial charge in [0.2, 0.25) is 5.88 Å². The van der Waals surface area contributed by atoms with E-state index in [1.807, 2.05) is 25.2 Å². The minimum absolute atomic E-state index is 0.0157. The maximum atomic E-state index is 12.1. The van der Waals surface area contributed by atoms with Gasteiger partial charge in [0.25, 0.3) is 0 Å². The minimum atomic E-state index is 0.0157. The number of likely N-dealkylation sites (N-methyl/N-ethyl adjacent to an activating group) is 1. The van der Waals surface area contributed by atoms with E-state index in [9.17, 15) is 4.79 Å². The van der Waals surface area contributed by atoms with Crippen LogP contribution in [0.3, 0.4) is 0 Å². The number of amides is 2. The number of hydrogen-bond acceptors (Lipinski definition) is 4. The molecule has 1 saturated heterocycles. The molecule has 1 aliphatic carbocycles. The maximum absolute atomic E-state index is 12.1. The Hall–Kier alpha value is -2.60. The van der Waals surface area contributed by atoms with Crippen molar-refractivity contribution < 1.29 is 9.53 Å². The average molecular weight is 393 g/mol. The lowest BCUT2D eigenvalue weighted by Gasteiger charge is -2.18. The molecule has 6 nitrogen and oxygen atoms in total. The number of ether oxygens (including phenoxy) is 1. The molecule has 0 spiro atoms. The molecule has 3 aliphatic rings. The number of hydrogen-bond donors (Lipinski definition) is 0. The number of fused-ring (bicyclic) bond motifs is 1. The van der Waals surface area contributed by atoms with Gasteiger partial charge in [-0.05, 0) is 60.9 Å². The van der Waals surface area contributed by atoms with E-state index in [1.54, 1.807) is 16.0 Å². The Morgan fingerprint density at radius 2 is 1.86 bits per heavy atom. The number of anilines is 1. The zero-order chi connectivity index (χ0) is 19.8. The second-order valence-electron chi connectivity index (χ2n) is 8.49. The second-order valence-corrected chi connectivity index (χ2v) is 8.49. The topological polar surface area (TPSA) is 48.9 Å². The van der Waals surface area contributed by atoms with Crippen molar-refractivity contribution in [3.8, 4) is 11.6 Å². The van der Waals surface area contributed by atoms with Crippen molar-refractivity contribution in [3.05, 3.63) is 47.7 Å². The van der Waals surface area contributed by atoms with Crippen LogP contribution in [0.5, 0.6) is 11.6 Å². The van der Waals surface area contributed by atoms with Crippen LogP contribution in [0.25, 0.3) is 0 Å². The molecular weight excluding hydrogens is 364 g/mol. The molecule has 152 valence electrons. The van der Waals surface area contributed by atoms with E-state index in [0.717, 1.165) is 49.8 Å².